The highest BCUT2D eigenvalue weighted by Crippen LogP contribution is 2.23. The number of aryl methyl sites for hydroxylation is 1. The van der Waals surface area contributed by atoms with Crippen LogP contribution in [0.5, 0.6) is 0 Å². The lowest BCUT2D eigenvalue weighted by Crippen LogP contribution is -2.23. The minimum absolute atomic E-state index is 0.00608. The van der Waals surface area contributed by atoms with Crippen molar-refractivity contribution in [2.75, 3.05) is 5.32 Å². The van der Waals surface area contributed by atoms with Gasteiger partial charge in [-0.15, -0.1) is 0 Å². The lowest BCUT2D eigenvalue weighted by Gasteiger charge is -2.16. The van der Waals surface area contributed by atoms with Crippen molar-refractivity contribution in [3.8, 4) is 0 Å². The maximum Gasteiger partial charge on any atom is 0.271 e. The zero-order valence-corrected chi connectivity index (χ0v) is 12.3. The number of anilines is 1. The second-order valence-electron chi connectivity index (χ2n) is 5.02. The molecule has 1 N–H and O–H groups in total. The Morgan fingerprint density at radius 2 is 1.90 bits per heavy atom. The topological polar surface area (TPSA) is 72.2 Å². The van der Waals surface area contributed by atoms with Crippen LogP contribution in [-0.4, -0.2) is 10.8 Å². The van der Waals surface area contributed by atoms with Crippen LogP contribution in [-0.2, 0) is 4.79 Å². The minimum atomic E-state index is -0.454. The van der Waals surface area contributed by atoms with Crippen LogP contribution in [0.4, 0.5) is 11.4 Å². The Morgan fingerprint density at radius 3 is 2.40 bits per heavy atom. The van der Waals surface area contributed by atoms with E-state index in [9.17, 15) is 14.9 Å². The summed E-state index contributed by atoms with van der Waals surface area (Å²) in [5, 5.41) is 13.6. The first-order valence-electron chi connectivity index (χ1n) is 7.05. The number of carbonyl (C=O) groups is 1. The molecule has 1 aromatic rings. The highest BCUT2D eigenvalue weighted by Gasteiger charge is 2.18. The number of nitrogens with zero attached hydrogens (tertiary/aromatic N) is 1. The van der Waals surface area contributed by atoms with Gasteiger partial charge < -0.3 is 5.32 Å². The lowest BCUT2D eigenvalue weighted by molar-refractivity contribution is -0.384. The Morgan fingerprint density at radius 1 is 1.30 bits per heavy atom. The molecular weight excluding hydrogens is 256 g/mol. The van der Waals surface area contributed by atoms with Gasteiger partial charge in [0.25, 0.3) is 5.69 Å². The number of nitrogens with one attached hydrogen (secondary N) is 1. The van der Waals surface area contributed by atoms with E-state index >= 15 is 0 Å². The smallest absolute Gasteiger partial charge is 0.271 e. The quantitative estimate of drug-likeness (QED) is 0.604. The Hall–Kier alpha value is -1.91. The van der Waals surface area contributed by atoms with Crippen LogP contribution in [0.3, 0.4) is 0 Å². The normalized spacial score (nSPS) is 10.6. The largest absolute Gasteiger partial charge is 0.325 e. The van der Waals surface area contributed by atoms with Crippen LogP contribution >= 0.6 is 0 Å². The summed E-state index contributed by atoms with van der Waals surface area (Å²) in [6, 6.07) is 4.52. The number of benzene rings is 1. The molecule has 0 radical (unpaired) electrons. The number of carbonyl (C=O) groups excluding carboxylic acids is 1. The molecule has 0 unspecified atom stereocenters. The summed E-state index contributed by atoms with van der Waals surface area (Å²) >= 11 is 0. The molecule has 0 heterocycles. The van der Waals surface area contributed by atoms with Crippen LogP contribution in [0.25, 0.3) is 0 Å². The van der Waals surface area contributed by atoms with Gasteiger partial charge in [-0.25, -0.2) is 0 Å². The average Bonchev–Trinajstić information content (AvgIpc) is 2.40. The van der Waals surface area contributed by atoms with E-state index in [4.69, 9.17) is 0 Å². The maximum atomic E-state index is 12.2. The summed E-state index contributed by atoms with van der Waals surface area (Å²) in [5.74, 6) is -0.0686. The fourth-order valence-electron chi connectivity index (χ4n) is 2.20. The molecule has 20 heavy (non-hydrogen) atoms. The molecule has 0 spiro atoms. The molecule has 0 bridgehead atoms. The molecule has 0 saturated carbocycles. The Bertz CT molecular complexity index is 480. The Labute approximate surface area is 119 Å². The molecule has 1 rings (SSSR count). The first-order chi connectivity index (χ1) is 9.49. The van der Waals surface area contributed by atoms with Gasteiger partial charge in [0.2, 0.25) is 5.91 Å². The molecule has 0 aliphatic rings. The van der Waals surface area contributed by atoms with Crippen molar-refractivity contribution in [3.05, 3.63) is 33.9 Å². The molecule has 0 aliphatic carbocycles. The summed E-state index contributed by atoms with van der Waals surface area (Å²) in [6.07, 6.45) is 3.58. The second-order valence-corrected chi connectivity index (χ2v) is 5.02. The molecule has 1 aromatic carbocycles. The van der Waals surface area contributed by atoms with E-state index in [1.54, 1.807) is 6.07 Å². The van der Waals surface area contributed by atoms with Gasteiger partial charge in [-0.05, 0) is 25.3 Å². The maximum absolute atomic E-state index is 12.2. The van der Waals surface area contributed by atoms with E-state index < -0.39 is 4.92 Å². The van der Waals surface area contributed by atoms with Gasteiger partial charge in [-0.2, -0.15) is 0 Å². The first kappa shape index (κ1) is 16.1. The predicted octanol–water partition coefficient (Wildman–Crippen LogP) is 4.06. The first-order valence-corrected chi connectivity index (χ1v) is 7.05. The van der Waals surface area contributed by atoms with Crippen molar-refractivity contribution in [2.24, 2.45) is 5.92 Å². The van der Waals surface area contributed by atoms with Gasteiger partial charge in [0.1, 0.15) is 0 Å². The third kappa shape index (κ3) is 4.33. The van der Waals surface area contributed by atoms with Gasteiger partial charge in [-0.1, -0.05) is 32.8 Å². The molecular formula is C15H22N2O3. The van der Waals surface area contributed by atoms with E-state index in [1.165, 1.54) is 12.1 Å². The molecule has 0 saturated heterocycles. The Kier molecular flexibility index (Phi) is 6.15. The average molecular weight is 278 g/mol. The molecule has 0 aliphatic heterocycles. The molecule has 0 atom stereocenters. The number of non-ortho nitro benzene ring substituents is 1. The fourth-order valence-corrected chi connectivity index (χ4v) is 2.20. The fraction of sp³-hybridized carbons (Fsp3) is 0.533. The number of hydrogen-bond donors (Lipinski definition) is 1. The van der Waals surface area contributed by atoms with Gasteiger partial charge in [0.15, 0.2) is 0 Å². The third-order valence-corrected chi connectivity index (χ3v) is 3.33. The van der Waals surface area contributed by atoms with Gasteiger partial charge in [0.05, 0.1) is 10.6 Å². The van der Waals surface area contributed by atoms with E-state index in [1.807, 2.05) is 6.92 Å². The zero-order valence-electron chi connectivity index (χ0n) is 12.3. The van der Waals surface area contributed by atoms with Crippen LogP contribution in [0, 0.1) is 23.0 Å². The molecule has 0 aromatic heterocycles. The lowest BCUT2D eigenvalue weighted by atomic mass is 9.97. The molecule has 5 nitrogen and oxygen atoms in total. The minimum Gasteiger partial charge on any atom is -0.325 e. The summed E-state index contributed by atoms with van der Waals surface area (Å²) in [7, 11) is 0. The number of rotatable bonds is 7. The standard InChI is InChI=1S/C15H22N2O3/c1-4-6-12(7-5-2)15(18)16-14-10-13(17(19)20)9-8-11(14)3/h8-10,12H,4-7H2,1-3H3,(H,16,18). The van der Waals surface area contributed by atoms with E-state index in [2.05, 4.69) is 19.2 Å². The van der Waals surface area contributed by atoms with Crippen LogP contribution in [0.2, 0.25) is 0 Å². The van der Waals surface area contributed by atoms with Crippen molar-refractivity contribution in [3.63, 3.8) is 0 Å². The summed E-state index contributed by atoms with van der Waals surface area (Å²) in [4.78, 5) is 22.6. The van der Waals surface area contributed by atoms with Crippen molar-refractivity contribution >= 4 is 17.3 Å². The highest BCUT2D eigenvalue weighted by atomic mass is 16.6. The van der Waals surface area contributed by atoms with E-state index in [-0.39, 0.29) is 17.5 Å². The summed E-state index contributed by atoms with van der Waals surface area (Å²) in [5.41, 5.74) is 1.35. The van der Waals surface area contributed by atoms with Crippen molar-refractivity contribution in [1.29, 1.82) is 0 Å². The number of amides is 1. The van der Waals surface area contributed by atoms with Crippen molar-refractivity contribution < 1.29 is 9.72 Å². The predicted molar refractivity (Wildman–Crippen MR) is 79.8 cm³/mol. The van der Waals surface area contributed by atoms with E-state index in [0.29, 0.717) is 5.69 Å². The SMILES string of the molecule is CCCC(CCC)C(=O)Nc1cc([N+](=O)[O-])ccc1C. The van der Waals surface area contributed by atoms with Gasteiger partial charge in [0, 0.05) is 18.1 Å². The molecule has 0 fully saturated rings. The van der Waals surface area contributed by atoms with Gasteiger partial charge in [-0.3, -0.25) is 14.9 Å². The Balaban J connectivity index is 2.87. The monoisotopic (exact) mass is 278 g/mol. The zero-order chi connectivity index (χ0) is 15.1. The van der Waals surface area contributed by atoms with Crippen LogP contribution < -0.4 is 5.32 Å². The van der Waals surface area contributed by atoms with Crippen molar-refractivity contribution in [2.45, 2.75) is 46.5 Å². The molecule has 1 amide bonds. The van der Waals surface area contributed by atoms with E-state index in [0.717, 1.165) is 31.2 Å². The summed E-state index contributed by atoms with van der Waals surface area (Å²) < 4.78 is 0. The second kappa shape index (κ2) is 7.62. The summed E-state index contributed by atoms with van der Waals surface area (Å²) in [6.45, 7) is 5.93. The van der Waals surface area contributed by atoms with Crippen LogP contribution in [0.1, 0.15) is 45.1 Å². The molecule has 110 valence electrons. The number of hydrogen-bond acceptors (Lipinski definition) is 3. The van der Waals surface area contributed by atoms with Crippen LogP contribution in [0.15, 0.2) is 18.2 Å². The highest BCUT2D eigenvalue weighted by molar-refractivity contribution is 5.93. The third-order valence-electron chi connectivity index (χ3n) is 3.33. The number of nitro groups is 1. The van der Waals surface area contributed by atoms with Crippen molar-refractivity contribution in [1.82, 2.24) is 0 Å². The molecule has 5 heteroatoms. The number of nitro benzene ring substituents is 1. The van der Waals surface area contributed by atoms with Gasteiger partial charge >= 0.3 is 0 Å².